The van der Waals surface area contributed by atoms with E-state index in [1.165, 1.54) is 51.2 Å². The molecule has 15 heteroatoms. The van der Waals surface area contributed by atoms with E-state index >= 15 is 0 Å². The van der Waals surface area contributed by atoms with E-state index < -0.39 is 71.8 Å². The number of carboxylic acid groups (broad SMARTS) is 1. The number of carbonyl (C=O) groups excluding carboxylic acids is 5. The third-order valence-corrected chi connectivity index (χ3v) is 6.42. The van der Waals surface area contributed by atoms with Crippen LogP contribution in [0.4, 0.5) is 0 Å². The van der Waals surface area contributed by atoms with E-state index in [2.05, 4.69) is 26.6 Å². The summed E-state index contributed by atoms with van der Waals surface area (Å²) in [6, 6.07) is -5.91. The lowest BCUT2D eigenvalue weighted by Gasteiger charge is -2.25. The van der Waals surface area contributed by atoms with Crippen LogP contribution in [0.5, 0.6) is 0 Å². The average molecular weight is 565 g/mol. The Morgan fingerprint density at radius 1 is 0.622 bits per heavy atom. The van der Waals surface area contributed by atoms with Crippen LogP contribution in [0.2, 0.25) is 0 Å². The predicted octanol–water partition coefficient (Wildman–Crippen LogP) is -1.59. The summed E-state index contributed by atoms with van der Waals surface area (Å²) in [6.45, 7) is 5.57. The zero-order chi connectivity index (χ0) is 28.7. The lowest BCUT2D eigenvalue weighted by atomic mass is 10.1. The summed E-state index contributed by atoms with van der Waals surface area (Å²) in [5.41, 5.74) is 5.60. The molecule has 0 aliphatic heterocycles. The second-order valence-electron chi connectivity index (χ2n) is 8.50. The maximum absolute atomic E-state index is 12.9. The van der Waals surface area contributed by atoms with Gasteiger partial charge in [0, 0.05) is 0 Å². The van der Waals surface area contributed by atoms with Gasteiger partial charge in [0.05, 0.1) is 6.04 Å². The summed E-state index contributed by atoms with van der Waals surface area (Å²) in [5.74, 6) is -3.10. The molecule has 37 heavy (non-hydrogen) atoms. The van der Waals surface area contributed by atoms with Crippen LogP contribution in [0.25, 0.3) is 0 Å². The summed E-state index contributed by atoms with van der Waals surface area (Å²) in [4.78, 5) is 73.4. The van der Waals surface area contributed by atoms with Crippen molar-refractivity contribution in [1.82, 2.24) is 26.6 Å². The van der Waals surface area contributed by atoms with Crippen LogP contribution >= 0.6 is 23.5 Å². The Morgan fingerprint density at radius 3 is 1.35 bits per heavy atom. The molecule has 0 aromatic heterocycles. The van der Waals surface area contributed by atoms with Crippen LogP contribution in [0.15, 0.2) is 0 Å². The molecule has 0 heterocycles. The fourth-order valence-corrected chi connectivity index (χ4v) is 3.71. The van der Waals surface area contributed by atoms with E-state index in [4.69, 9.17) is 10.8 Å². The molecule has 6 atom stereocenters. The van der Waals surface area contributed by atoms with Crippen molar-refractivity contribution in [2.24, 2.45) is 5.73 Å². The lowest BCUT2D eigenvalue weighted by molar-refractivity contribution is -0.141. The molecule has 13 nitrogen and oxygen atoms in total. The molecule has 0 fully saturated rings. The molecule has 0 aromatic rings. The first-order valence-corrected chi connectivity index (χ1v) is 14.5. The zero-order valence-electron chi connectivity index (χ0n) is 22.1. The van der Waals surface area contributed by atoms with Crippen molar-refractivity contribution in [3.8, 4) is 0 Å². The molecular formula is C22H40N6O7S2. The fraction of sp³-hybridized carbons (Fsp3) is 0.727. The van der Waals surface area contributed by atoms with Gasteiger partial charge in [-0.1, -0.05) is 0 Å². The Kier molecular flexibility index (Phi) is 16.6. The number of aliphatic carboxylic acids is 1. The number of nitrogens with two attached hydrogens (primary N) is 1. The second-order valence-corrected chi connectivity index (χ2v) is 10.5. The Hall–Kier alpha value is -2.52. The maximum atomic E-state index is 12.9. The topological polar surface area (TPSA) is 209 Å². The molecule has 0 rings (SSSR count). The summed E-state index contributed by atoms with van der Waals surface area (Å²) in [7, 11) is 0. The first kappa shape index (κ1) is 34.5. The van der Waals surface area contributed by atoms with Crippen LogP contribution in [0.1, 0.15) is 40.5 Å². The van der Waals surface area contributed by atoms with Crippen molar-refractivity contribution in [1.29, 1.82) is 0 Å². The minimum absolute atomic E-state index is 0.273. The molecule has 0 bridgehead atoms. The zero-order valence-corrected chi connectivity index (χ0v) is 23.7. The number of carbonyl (C=O) groups is 6. The van der Waals surface area contributed by atoms with Gasteiger partial charge in [-0.25, -0.2) is 0 Å². The lowest BCUT2D eigenvalue weighted by Crippen LogP contribution is -2.58. The first-order valence-electron chi connectivity index (χ1n) is 11.7. The first-order chi connectivity index (χ1) is 17.2. The van der Waals surface area contributed by atoms with E-state index in [1.807, 2.05) is 12.5 Å². The van der Waals surface area contributed by atoms with Gasteiger partial charge >= 0.3 is 5.97 Å². The van der Waals surface area contributed by atoms with Gasteiger partial charge in [0.15, 0.2) is 0 Å². The highest BCUT2D eigenvalue weighted by atomic mass is 32.2. The molecular weight excluding hydrogens is 524 g/mol. The van der Waals surface area contributed by atoms with Gasteiger partial charge in [-0.05, 0) is 64.6 Å². The Bertz CT molecular complexity index is 814. The molecule has 0 saturated heterocycles. The highest BCUT2D eigenvalue weighted by molar-refractivity contribution is 7.98. The maximum Gasteiger partial charge on any atom is 0.325 e. The number of carboxylic acids is 1. The molecule has 0 saturated carbocycles. The molecule has 0 aliphatic rings. The number of amides is 5. The van der Waals surface area contributed by atoms with Gasteiger partial charge in [-0.2, -0.15) is 23.5 Å². The van der Waals surface area contributed by atoms with Gasteiger partial charge in [-0.3, -0.25) is 28.8 Å². The van der Waals surface area contributed by atoms with Crippen LogP contribution in [-0.4, -0.2) is 101 Å². The normalized spacial score (nSPS) is 15.6. The van der Waals surface area contributed by atoms with Crippen LogP contribution in [0.3, 0.4) is 0 Å². The minimum Gasteiger partial charge on any atom is -0.480 e. The molecule has 0 aromatic carbocycles. The Morgan fingerprint density at radius 2 is 0.973 bits per heavy atom. The van der Waals surface area contributed by atoms with E-state index in [-0.39, 0.29) is 6.42 Å². The summed E-state index contributed by atoms with van der Waals surface area (Å²) >= 11 is 2.97. The monoisotopic (exact) mass is 564 g/mol. The third-order valence-electron chi connectivity index (χ3n) is 5.13. The van der Waals surface area contributed by atoms with Crippen LogP contribution in [-0.2, 0) is 28.8 Å². The number of hydrogen-bond donors (Lipinski definition) is 7. The van der Waals surface area contributed by atoms with Crippen LogP contribution < -0.4 is 32.3 Å². The minimum atomic E-state index is -1.22. The van der Waals surface area contributed by atoms with Crippen molar-refractivity contribution >= 4 is 59.0 Å². The Labute approximate surface area is 226 Å². The summed E-state index contributed by atoms with van der Waals surface area (Å²) in [5, 5.41) is 21.3. The number of hydrogen-bond acceptors (Lipinski definition) is 9. The highest BCUT2D eigenvalue weighted by Gasteiger charge is 2.29. The van der Waals surface area contributed by atoms with E-state index in [0.29, 0.717) is 17.9 Å². The molecule has 0 aliphatic carbocycles. The number of nitrogens with one attached hydrogen (secondary N) is 5. The van der Waals surface area contributed by atoms with Gasteiger partial charge in [0.2, 0.25) is 29.5 Å². The quantitative estimate of drug-likeness (QED) is 0.108. The average Bonchev–Trinajstić information content (AvgIpc) is 2.83. The van der Waals surface area contributed by atoms with Crippen molar-refractivity contribution < 1.29 is 33.9 Å². The predicted molar refractivity (Wildman–Crippen MR) is 144 cm³/mol. The standard InChI is InChI=1S/C22H40N6O7S2/c1-11(23)17(29)27-16(8-10-37-6)21(33)28-15(7-9-36-5)20(32)25-13(3)18(30)24-12(2)19(31)26-14(4)22(34)35/h11-16H,7-10,23H2,1-6H3,(H,24,30)(H,25,32)(H,26,31)(H,27,29)(H,28,33)(H,34,35)/t11-,12-,13-,14-,15-,16-/m0/s1. The van der Waals surface area contributed by atoms with E-state index in [9.17, 15) is 28.8 Å². The van der Waals surface area contributed by atoms with E-state index in [0.717, 1.165) is 0 Å². The summed E-state index contributed by atoms with van der Waals surface area (Å²) < 4.78 is 0. The number of rotatable bonds is 17. The van der Waals surface area contributed by atoms with Crippen molar-refractivity contribution in [3.05, 3.63) is 0 Å². The molecule has 5 amide bonds. The smallest absolute Gasteiger partial charge is 0.325 e. The van der Waals surface area contributed by atoms with Crippen LogP contribution in [0, 0.1) is 0 Å². The molecule has 0 radical (unpaired) electrons. The SMILES string of the molecule is CSCC[C@H](NC(=O)[C@H](C)N)C(=O)N[C@@H](CCSC)C(=O)N[C@@H](C)C(=O)N[C@@H](C)C(=O)N[C@@H](C)C(=O)O. The number of thioether (sulfide) groups is 2. The Balaban J connectivity index is 5.25. The largest absolute Gasteiger partial charge is 0.480 e. The van der Waals surface area contributed by atoms with Gasteiger partial charge in [-0.15, -0.1) is 0 Å². The molecule has 8 N–H and O–H groups in total. The van der Waals surface area contributed by atoms with E-state index in [1.54, 1.807) is 0 Å². The molecule has 212 valence electrons. The van der Waals surface area contributed by atoms with Gasteiger partial charge in [0.25, 0.3) is 0 Å². The third kappa shape index (κ3) is 13.6. The van der Waals surface area contributed by atoms with Crippen molar-refractivity contribution in [2.75, 3.05) is 24.0 Å². The van der Waals surface area contributed by atoms with Crippen molar-refractivity contribution in [3.63, 3.8) is 0 Å². The summed E-state index contributed by atoms with van der Waals surface area (Å²) in [6.07, 6.45) is 4.31. The molecule has 0 spiro atoms. The van der Waals surface area contributed by atoms with Gasteiger partial charge < -0.3 is 37.4 Å². The highest BCUT2D eigenvalue weighted by Crippen LogP contribution is 2.06. The van der Waals surface area contributed by atoms with Gasteiger partial charge in [0.1, 0.15) is 30.2 Å². The second kappa shape index (κ2) is 17.9. The molecule has 0 unspecified atom stereocenters. The van der Waals surface area contributed by atoms with Crippen molar-refractivity contribution in [2.45, 2.75) is 76.8 Å². The fourth-order valence-electron chi connectivity index (χ4n) is 2.77.